The summed E-state index contributed by atoms with van der Waals surface area (Å²) in [6.45, 7) is 4.00. The molecule has 0 aromatic carbocycles. The molecular weight excluding hydrogens is 190 g/mol. The molecule has 2 rings (SSSR count). The van der Waals surface area contributed by atoms with Crippen molar-refractivity contribution in [2.24, 2.45) is 5.92 Å². The average molecular weight is 211 g/mol. The number of rotatable bonds is 5. The van der Waals surface area contributed by atoms with Gasteiger partial charge in [0.25, 0.3) is 0 Å². The van der Waals surface area contributed by atoms with Gasteiger partial charge in [-0.05, 0) is 32.9 Å². The maximum absolute atomic E-state index is 11.3. The fourth-order valence-electron chi connectivity index (χ4n) is 2.05. The molecule has 86 valence electrons. The van der Waals surface area contributed by atoms with E-state index in [1.807, 2.05) is 0 Å². The van der Waals surface area contributed by atoms with E-state index in [9.17, 15) is 4.79 Å². The molecule has 0 spiro atoms. The second-order valence-electron chi connectivity index (χ2n) is 4.77. The molecule has 1 aliphatic carbocycles. The molecule has 1 aliphatic heterocycles. The van der Waals surface area contributed by atoms with Gasteiger partial charge in [0.2, 0.25) is 5.91 Å². The Kier molecular flexibility index (Phi) is 3.59. The summed E-state index contributed by atoms with van der Waals surface area (Å²) in [6, 6.07) is 0.618. The van der Waals surface area contributed by atoms with Crippen molar-refractivity contribution >= 4 is 5.91 Å². The molecule has 4 nitrogen and oxygen atoms in total. The number of likely N-dealkylation sites (tertiary alicyclic amines) is 1. The fraction of sp³-hybridized carbons (Fsp3) is 0.909. The largest absolute Gasteiger partial charge is 0.355 e. The highest BCUT2D eigenvalue weighted by molar-refractivity contribution is 5.80. The molecular formula is C11H21N3O. The minimum absolute atomic E-state index is 0.250. The summed E-state index contributed by atoms with van der Waals surface area (Å²) >= 11 is 0. The zero-order valence-electron chi connectivity index (χ0n) is 9.46. The summed E-state index contributed by atoms with van der Waals surface area (Å²) in [5.41, 5.74) is 0. The van der Waals surface area contributed by atoms with Crippen molar-refractivity contribution < 1.29 is 4.79 Å². The third-order valence-electron chi connectivity index (χ3n) is 3.20. The second kappa shape index (κ2) is 4.94. The average Bonchev–Trinajstić information content (AvgIpc) is 2.98. The smallest absolute Gasteiger partial charge is 0.223 e. The molecule has 1 unspecified atom stereocenters. The van der Waals surface area contributed by atoms with Gasteiger partial charge in [-0.25, -0.2) is 0 Å². The van der Waals surface area contributed by atoms with Gasteiger partial charge in [0, 0.05) is 31.6 Å². The van der Waals surface area contributed by atoms with Crippen molar-refractivity contribution in [2.75, 3.05) is 33.2 Å². The van der Waals surface area contributed by atoms with Crippen LogP contribution in [0, 0.1) is 5.92 Å². The molecule has 1 saturated carbocycles. The lowest BCUT2D eigenvalue weighted by molar-refractivity contribution is -0.122. The van der Waals surface area contributed by atoms with E-state index in [4.69, 9.17) is 0 Å². The molecule has 1 atom stereocenters. The highest BCUT2D eigenvalue weighted by atomic mass is 16.2. The minimum atomic E-state index is 0.250. The van der Waals surface area contributed by atoms with Crippen LogP contribution in [-0.2, 0) is 4.79 Å². The number of hydrogen-bond acceptors (Lipinski definition) is 3. The number of likely N-dealkylation sites (N-methyl/N-ethyl adjacent to an activating group) is 1. The van der Waals surface area contributed by atoms with Gasteiger partial charge in [-0.1, -0.05) is 0 Å². The van der Waals surface area contributed by atoms with E-state index in [0.29, 0.717) is 12.0 Å². The first kappa shape index (κ1) is 10.9. The van der Waals surface area contributed by atoms with E-state index >= 15 is 0 Å². The van der Waals surface area contributed by atoms with Crippen molar-refractivity contribution in [3.8, 4) is 0 Å². The third kappa shape index (κ3) is 3.47. The van der Waals surface area contributed by atoms with Crippen molar-refractivity contribution in [1.29, 1.82) is 0 Å². The van der Waals surface area contributed by atoms with Gasteiger partial charge < -0.3 is 15.5 Å². The maximum atomic E-state index is 11.3. The molecule has 0 aromatic rings. The molecule has 0 bridgehead atoms. The first-order valence-electron chi connectivity index (χ1n) is 5.95. The molecule has 2 aliphatic rings. The molecule has 0 radical (unpaired) electrons. The highest BCUT2D eigenvalue weighted by Crippen LogP contribution is 2.28. The Labute approximate surface area is 91.4 Å². The van der Waals surface area contributed by atoms with Gasteiger partial charge in [0.15, 0.2) is 0 Å². The van der Waals surface area contributed by atoms with Crippen LogP contribution >= 0.6 is 0 Å². The second-order valence-corrected chi connectivity index (χ2v) is 4.77. The van der Waals surface area contributed by atoms with Crippen LogP contribution in [0.4, 0.5) is 0 Å². The van der Waals surface area contributed by atoms with Gasteiger partial charge in [0.05, 0.1) is 0 Å². The molecule has 2 fully saturated rings. The number of carbonyl (C=O) groups excluding carboxylic acids is 1. The molecule has 4 heteroatoms. The van der Waals surface area contributed by atoms with Crippen LogP contribution in [0.1, 0.15) is 19.3 Å². The summed E-state index contributed by atoms with van der Waals surface area (Å²) < 4.78 is 0. The van der Waals surface area contributed by atoms with E-state index in [-0.39, 0.29) is 5.91 Å². The first-order valence-corrected chi connectivity index (χ1v) is 5.95. The summed E-state index contributed by atoms with van der Waals surface area (Å²) in [5.74, 6) is 0.586. The predicted octanol–water partition coefficient (Wildman–Crippen LogP) is -0.194. The summed E-state index contributed by atoms with van der Waals surface area (Å²) in [6.07, 6.45) is 3.41. The number of hydrogen-bond donors (Lipinski definition) is 2. The molecule has 1 amide bonds. The SMILES string of the molecule is CN1CCC(NCCNC(=O)C2CC2)C1. The Balaban J connectivity index is 1.49. The molecule has 15 heavy (non-hydrogen) atoms. The van der Waals surface area contributed by atoms with E-state index in [0.717, 1.165) is 32.5 Å². The predicted molar refractivity (Wildman–Crippen MR) is 59.6 cm³/mol. The lowest BCUT2D eigenvalue weighted by Gasteiger charge is -2.12. The lowest BCUT2D eigenvalue weighted by atomic mass is 10.2. The monoisotopic (exact) mass is 211 g/mol. The molecule has 0 aromatic heterocycles. The van der Waals surface area contributed by atoms with Crippen LogP contribution in [0.15, 0.2) is 0 Å². The van der Waals surface area contributed by atoms with E-state index in [1.54, 1.807) is 0 Å². The zero-order chi connectivity index (χ0) is 10.7. The summed E-state index contributed by atoms with van der Waals surface area (Å²) in [4.78, 5) is 13.6. The standard InChI is InChI=1S/C11H21N3O/c1-14-7-4-10(8-14)12-5-6-13-11(15)9-2-3-9/h9-10,12H,2-8H2,1H3,(H,13,15). The molecule has 1 heterocycles. The van der Waals surface area contributed by atoms with E-state index in [1.165, 1.54) is 13.0 Å². The number of amides is 1. The van der Waals surface area contributed by atoms with Crippen LogP contribution in [0.3, 0.4) is 0 Å². The van der Waals surface area contributed by atoms with Gasteiger partial charge >= 0.3 is 0 Å². The first-order chi connectivity index (χ1) is 7.25. The van der Waals surface area contributed by atoms with Crippen LogP contribution in [0.25, 0.3) is 0 Å². The fourth-order valence-corrected chi connectivity index (χ4v) is 2.05. The Morgan fingerprint density at radius 2 is 2.13 bits per heavy atom. The third-order valence-corrected chi connectivity index (χ3v) is 3.20. The van der Waals surface area contributed by atoms with E-state index in [2.05, 4.69) is 22.6 Å². The minimum Gasteiger partial charge on any atom is -0.355 e. The van der Waals surface area contributed by atoms with Crippen LogP contribution in [0.2, 0.25) is 0 Å². The van der Waals surface area contributed by atoms with Crippen molar-refractivity contribution in [3.05, 3.63) is 0 Å². The number of carbonyl (C=O) groups is 1. The number of nitrogens with one attached hydrogen (secondary N) is 2. The van der Waals surface area contributed by atoms with Crippen molar-refractivity contribution in [2.45, 2.75) is 25.3 Å². The van der Waals surface area contributed by atoms with Crippen LogP contribution in [-0.4, -0.2) is 50.1 Å². The van der Waals surface area contributed by atoms with Crippen LogP contribution < -0.4 is 10.6 Å². The van der Waals surface area contributed by atoms with Gasteiger partial charge in [-0.3, -0.25) is 4.79 Å². The summed E-state index contributed by atoms with van der Waals surface area (Å²) in [5, 5.41) is 6.44. The normalized spacial score (nSPS) is 26.9. The lowest BCUT2D eigenvalue weighted by Crippen LogP contribution is -2.38. The topological polar surface area (TPSA) is 44.4 Å². The van der Waals surface area contributed by atoms with Crippen molar-refractivity contribution in [3.63, 3.8) is 0 Å². The van der Waals surface area contributed by atoms with Gasteiger partial charge in [0.1, 0.15) is 0 Å². The quantitative estimate of drug-likeness (QED) is 0.619. The summed E-state index contributed by atoms with van der Waals surface area (Å²) in [7, 11) is 2.15. The number of nitrogens with zero attached hydrogens (tertiary/aromatic N) is 1. The maximum Gasteiger partial charge on any atom is 0.223 e. The van der Waals surface area contributed by atoms with E-state index < -0.39 is 0 Å². The van der Waals surface area contributed by atoms with Crippen molar-refractivity contribution in [1.82, 2.24) is 15.5 Å². The Morgan fingerprint density at radius 1 is 1.33 bits per heavy atom. The highest BCUT2D eigenvalue weighted by Gasteiger charge is 2.29. The van der Waals surface area contributed by atoms with Gasteiger partial charge in [-0.15, -0.1) is 0 Å². The van der Waals surface area contributed by atoms with Gasteiger partial charge in [-0.2, -0.15) is 0 Å². The molecule has 2 N–H and O–H groups in total. The Morgan fingerprint density at radius 3 is 2.73 bits per heavy atom. The van der Waals surface area contributed by atoms with Crippen LogP contribution in [0.5, 0.6) is 0 Å². The Bertz CT molecular complexity index is 228. The molecule has 1 saturated heterocycles. The zero-order valence-corrected chi connectivity index (χ0v) is 9.46. The Hall–Kier alpha value is -0.610.